The summed E-state index contributed by atoms with van der Waals surface area (Å²) in [5.41, 5.74) is 2.66. The van der Waals surface area contributed by atoms with Gasteiger partial charge in [0.1, 0.15) is 5.00 Å². The molecule has 178 valence electrons. The molecule has 2 aromatic rings. The number of benzene rings is 1. The maximum Gasteiger partial charge on any atom is 0.258 e. The predicted octanol–water partition coefficient (Wildman–Crippen LogP) is 5.18. The molecule has 33 heavy (non-hydrogen) atoms. The first-order chi connectivity index (χ1) is 15.7. The van der Waals surface area contributed by atoms with Crippen molar-refractivity contribution in [2.45, 2.75) is 40.0 Å². The van der Waals surface area contributed by atoms with E-state index in [2.05, 4.69) is 52.2 Å². The summed E-state index contributed by atoms with van der Waals surface area (Å²) < 4.78 is 6.34. The number of amides is 2. The highest BCUT2D eigenvalue weighted by molar-refractivity contribution is 9.10. The van der Waals surface area contributed by atoms with E-state index in [1.165, 1.54) is 4.88 Å². The van der Waals surface area contributed by atoms with Gasteiger partial charge in [0.2, 0.25) is 5.91 Å². The van der Waals surface area contributed by atoms with Crippen molar-refractivity contribution in [2.75, 3.05) is 43.5 Å². The highest BCUT2D eigenvalue weighted by atomic mass is 79.9. The molecule has 6 nitrogen and oxygen atoms in total. The zero-order valence-electron chi connectivity index (χ0n) is 19.5. The second-order valence-corrected chi connectivity index (χ2v) is 11.9. The molecule has 0 radical (unpaired) electrons. The minimum absolute atomic E-state index is 0.0828. The fourth-order valence-electron chi connectivity index (χ4n) is 4.51. The first kappa shape index (κ1) is 24.4. The molecule has 8 heteroatoms. The van der Waals surface area contributed by atoms with Crippen molar-refractivity contribution in [1.29, 1.82) is 0 Å². The zero-order valence-corrected chi connectivity index (χ0v) is 21.9. The van der Waals surface area contributed by atoms with Gasteiger partial charge >= 0.3 is 0 Å². The number of carbonyl (C=O) groups excluding carboxylic acids is 2. The van der Waals surface area contributed by atoms with Gasteiger partial charge in [-0.2, -0.15) is 0 Å². The van der Waals surface area contributed by atoms with E-state index in [0.29, 0.717) is 36.2 Å². The molecule has 2 aliphatic rings. The number of fused-ring (bicyclic) bond motifs is 1. The summed E-state index contributed by atoms with van der Waals surface area (Å²) in [5.74, 6) is 0.314. The van der Waals surface area contributed by atoms with E-state index in [1.807, 2.05) is 24.3 Å². The number of rotatable bonds is 5. The molecule has 1 saturated heterocycles. The first-order valence-electron chi connectivity index (χ1n) is 11.5. The number of morpholine rings is 1. The summed E-state index contributed by atoms with van der Waals surface area (Å²) in [5, 5.41) is 6.77. The minimum atomic E-state index is -0.161. The van der Waals surface area contributed by atoms with Crippen LogP contribution in [0.15, 0.2) is 28.7 Å². The third-order valence-electron chi connectivity index (χ3n) is 6.54. The Morgan fingerprint density at radius 1 is 1.15 bits per heavy atom. The highest BCUT2D eigenvalue weighted by Crippen LogP contribution is 2.44. The fourth-order valence-corrected chi connectivity index (χ4v) is 6.11. The SMILES string of the molecule is CC(C)(C)[C@@H]1CCc2c(sc(NC(=O)CN3CCOCC3)c2C(=O)Nc2ccc(Br)cc2)C1. The van der Waals surface area contributed by atoms with Gasteiger partial charge in [-0.15, -0.1) is 11.3 Å². The number of hydrogen-bond donors (Lipinski definition) is 2. The first-order valence-corrected chi connectivity index (χ1v) is 13.1. The summed E-state index contributed by atoms with van der Waals surface area (Å²) in [7, 11) is 0. The van der Waals surface area contributed by atoms with Gasteiger partial charge in [0.05, 0.1) is 25.3 Å². The Morgan fingerprint density at radius 2 is 1.85 bits per heavy atom. The maximum atomic E-state index is 13.4. The number of ether oxygens (including phenoxy) is 1. The quantitative estimate of drug-likeness (QED) is 0.555. The van der Waals surface area contributed by atoms with Gasteiger partial charge in [-0.1, -0.05) is 36.7 Å². The van der Waals surface area contributed by atoms with Crippen LogP contribution in [0.5, 0.6) is 0 Å². The van der Waals surface area contributed by atoms with Crippen molar-refractivity contribution in [2.24, 2.45) is 11.3 Å². The van der Waals surface area contributed by atoms with Crippen molar-refractivity contribution < 1.29 is 14.3 Å². The molecule has 0 spiro atoms. The van der Waals surface area contributed by atoms with Gasteiger partial charge in [0, 0.05) is 28.1 Å². The summed E-state index contributed by atoms with van der Waals surface area (Å²) >= 11 is 5.00. The normalized spacial score (nSPS) is 19.1. The lowest BCUT2D eigenvalue weighted by Gasteiger charge is -2.33. The monoisotopic (exact) mass is 533 g/mol. The molecule has 2 amide bonds. The van der Waals surface area contributed by atoms with Crippen molar-refractivity contribution in [3.8, 4) is 0 Å². The molecule has 0 unspecified atom stereocenters. The van der Waals surface area contributed by atoms with E-state index in [-0.39, 0.29) is 17.2 Å². The van der Waals surface area contributed by atoms with Crippen molar-refractivity contribution in [3.63, 3.8) is 0 Å². The fraction of sp³-hybridized carbons (Fsp3) is 0.520. The number of carbonyl (C=O) groups is 2. The Kier molecular flexibility index (Phi) is 7.58. The number of nitrogens with zero attached hydrogens (tertiary/aromatic N) is 1. The van der Waals surface area contributed by atoms with Crippen LogP contribution in [0.3, 0.4) is 0 Å². The molecule has 4 rings (SSSR count). The maximum absolute atomic E-state index is 13.4. The predicted molar refractivity (Wildman–Crippen MR) is 137 cm³/mol. The molecule has 0 saturated carbocycles. The van der Waals surface area contributed by atoms with Gasteiger partial charge < -0.3 is 15.4 Å². The largest absolute Gasteiger partial charge is 0.379 e. The van der Waals surface area contributed by atoms with Crippen LogP contribution in [-0.4, -0.2) is 49.6 Å². The van der Waals surface area contributed by atoms with Crippen LogP contribution in [0.1, 0.15) is 48.0 Å². The molecule has 1 aliphatic carbocycles. The van der Waals surface area contributed by atoms with Gasteiger partial charge in [-0.05, 0) is 60.4 Å². The van der Waals surface area contributed by atoms with Crippen LogP contribution in [0.25, 0.3) is 0 Å². The highest BCUT2D eigenvalue weighted by Gasteiger charge is 2.34. The molecular formula is C25H32BrN3O3S. The van der Waals surface area contributed by atoms with E-state index >= 15 is 0 Å². The van der Waals surface area contributed by atoms with Crippen LogP contribution >= 0.6 is 27.3 Å². The van der Waals surface area contributed by atoms with Crippen LogP contribution in [0.2, 0.25) is 0 Å². The average molecular weight is 535 g/mol. The Labute approximate surface area is 208 Å². The van der Waals surface area contributed by atoms with E-state index < -0.39 is 0 Å². The third-order valence-corrected chi connectivity index (χ3v) is 8.24. The number of hydrogen-bond acceptors (Lipinski definition) is 5. The second kappa shape index (κ2) is 10.3. The van der Waals surface area contributed by atoms with Crippen LogP contribution in [-0.2, 0) is 22.4 Å². The molecule has 1 aromatic heterocycles. The van der Waals surface area contributed by atoms with Crippen molar-refractivity contribution in [1.82, 2.24) is 4.90 Å². The number of thiophene rings is 1. The van der Waals surface area contributed by atoms with E-state index in [0.717, 1.165) is 48.1 Å². The van der Waals surface area contributed by atoms with E-state index in [4.69, 9.17) is 4.74 Å². The standard InChI is InChI=1S/C25H32BrN3O3S/c1-25(2,3)16-4-9-19-20(14-16)33-24(28-21(30)15-29-10-12-32-13-11-29)22(19)23(31)27-18-7-5-17(26)6-8-18/h5-8,16H,4,9-15H2,1-3H3,(H,27,31)(H,28,30)/t16-/m1/s1. The summed E-state index contributed by atoms with van der Waals surface area (Å²) in [4.78, 5) is 29.6. The van der Waals surface area contributed by atoms with Gasteiger partial charge in [0.25, 0.3) is 5.91 Å². The number of anilines is 2. The van der Waals surface area contributed by atoms with Gasteiger partial charge in [-0.3, -0.25) is 14.5 Å². The van der Waals surface area contributed by atoms with Gasteiger partial charge in [-0.25, -0.2) is 0 Å². The molecule has 1 aromatic carbocycles. The smallest absolute Gasteiger partial charge is 0.258 e. The molecule has 1 aliphatic heterocycles. The topological polar surface area (TPSA) is 70.7 Å². The Balaban J connectivity index is 1.58. The Hall–Kier alpha value is -1.74. The average Bonchev–Trinajstić information content (AvgIpc) is 3.12. The number of halogens is 1. The number of nitrogens with one attached hydrogen (secondary N) is 2. The zero-order chi connectivity index (χ0) is 23.6. The Morgan fingerprint density at radius 3 is 2.52 bits per heavy atom. The molecule has 0 bridgehead atoms. The molecule has 1 atom stereocenters. The summed E-state index contributed by atoms with van der Waals surface area (Å²) in [6.07, 6.45) is 2.85. The molecular weight excluding hydrogens is 502 g/mol. The van der Waals surface area contributed by atoms with Crippen LogP contribution in [0, 0.1) is 11.3 Å². The van der Waals surface area contributed by atoms with Gasteiger partial charge in [0.15, 0.2) is 0 Å². The van der Waals surface area contributed by atoms with E-state index in [1.54, 1.807) is 11.3 Å². The molecule has 1 fully saturated rings. The summed E-state index contributed by atoms with van der Waals surface area (Å²) in [6.45, 7) is 9.94. The van der Waals surface area contributed by atoms with E-state index in [9.17, 15) is 9.59 Å². The third kappa shape index (κ3) is 6.04. The second-order valence-electron chi connectivity index (χ2n) is 9.91. The lowest BCUT2D eigenvalue weighted by Crippen LogP contribution is -2.41. The minimum Gasteiger partial charge on any atom is -0.379 e. The van der Waals surface area contributed by atoms with Crippen LogP contribution in [0.4, 0.5) is 10.7 Å². The molecule has 2 N–H and O–H groups in total. The van der Waals surface area contributed by atoms with Crippen molar-refractivity contribution in [3.05, 3.63) is 44.7 Å². The summed E-state index contributed by atoms with van der Waals surface area (Å²) in [6, 6.07) is 7.54. The molecule has 2 heterocycles. The Bertz CT molecular complexity index is 1010. The lowest BCUT2D eigenvalue weighted by atomic mass is 9.72. The van der Waals surface area contributed by atoms with Crippen LogP contribution < -0.4 is 10.6 Å². The lowest BCUT2D eigenvalue weighted by molar-refractivity contribution is -0.118. The van der Waals surface area contributed by atoms with Crippen molar-refractivity contribution >= 4 is 49.8 Å².